The first-order chi connectivity index (χ1) is 8.15. The zero-order chi connectivity index (χ0) is 12.4. The molecule has 0 bridgehead atoms. The van der Waals surface area contributed by atoms with Gasteiger partial charge < -0.3 is 10.7 Å². The quantitative estimate of drug-likeness (QED) is 0.828. The SMILES string of the molecule is Cc1[nH]c2ccccc2c1C(CCN)C(C)C. The summed E-state index contributed by atoms with van der Waals surface area (Å²) in [6.45, 7) is 7.48. The highest BCUT2D eigenvalue weighted by Crippen LogP contribution is 2.35. The highest BCUT2D eigenvalue weighted by Gasteiger charge is 2.20. The number of hydrogen-bond acceptors (Lipinski definition) is 1. The summed E-state index contributed by atoms with van der Waals surface area (Å²) in [7, 11) is 0. The van der Waals surface area contributed by atoms with Crippen LogP contribution < -0.4 is 5.73 Å². The molecule has 0 aliphatic heterocycles. The van der Waals surface area contributed by atoms with Gasteiger partial charge in [0.15, 0.2) is 0 Å². The van der Waals surface area contributed by atoms with Crippen molar-refractivity contribution in [3.8, 4) is 0 Å². The van der Waals surface area contributed by atoms with Crippen LogP contribution in [0.15, 0.2) is 24.3 Å². The van der Waals surface area contributed by atoms with Gasteiger partial charge in [0.25, 0.3) is 0 Å². The van der Waals surface area contributed by atoms with Crippen LogP contribution in [0.1, 0.15) is 37.4 Å². The third kappa shape index (κ3) is 2.22. The minimum Gasteiger partial charge on any atom is -0.358 e. The topological polar surface area (TPSA) is 41.8 Å². The summed E-state index contributed by atoms with van der Waals surface area (Å²) in [4.78, 5) is 3.48. The lowest BCUT2D eigenvalue weighted by molar-refractivity contribution is 0.474. The molecule has 0 fully saturated rings. The van der Waals surface area contributed by atoms with Gasteiger partial charge >= 0.3 is 0 Å². The van der Waals surface area contributed by atoms with Crippen molar-refractivity contribution in [3.05, 3.63) is 35.5 Å². The van der Waals surface area contributed by atoms with Crippen molar-refractivity contribution in [1.82, 2.24) is 4.98 Å². The summed E-state index contributed by atoms with van der Waals surface area (Å²) in [5.41, 5.74) is 9.75. The Bertz CT molecular complexity index is 497. The fraction of sp³-hybridized carbons (Fsp3) is 0.467. The Morgan fingerprint density at radius 1 is 1.24 bits per heavy atom. The molecule has 1 aromatic carbocycles. The fourth-order valence-corrected chi connectivity index (χ4v) is 2.77. The maximum atomic E-state index is 5.76. The zero-order valence-electron chi connectivity index (χ0n) is 11.0. The van der Waals surface area contributed by atoms with Gasteiger partial charge in [0.05, 0.1) is 0 Å². The summed E-state index contributed by atoms with van der Waals surface area (Å²) in [6.07, 6.45) is 1.06. The van der Waals surface area contributed by atoms with Crippen LogP contribution in [-0.2, 0) is 0 Å². The second-order valence-corrected chi connectivity index (χ2v) is 5.14. The molecule has 0 radical (unpaired) electrons. The van der Waals surface area contributed by atoms with Crippen LogP contribution in [0.5, 0.6) is 0 Å². The minimum atomic E-state index is 0.552. The van der Waals surface area contributed by atoms with Crippen molar-refractivity contribution >= 4 is 10.9 Å². The maximum Gasteiger partial charge on any atom is 0.0458 e. The van der Waals surface area contributed by atoms with E-state index in [4.69, 9.17) is 5.73 Å². The molecule has 0 aliphatic carbocycles. The van der Waals surface area contributed by atoms with Crippen molar-refractivity contribution in [1.29, 1.82) is 0 Å². The van der Waals surface area contributed by atoms with E-state index < -0.39 is 0 Å². The molecule has 0 saturated carbocycles. The van der Waals surface area contributed by atoms with Gasteiger partial charge in [-0.25, -0.2) is 0 Å². The molecular formula is C15H22N2. The molecule has 3 N–H and O–H groups in total. The molecule has 2 heteroatoms. The van der Waals surface area contributed by atoms with E-state index in [0.717, 1.165) is 13.0 Å². The number of aromatic nitrogens is 1. The lowest BCUT2D eigenvalue weighted by atomic mass is 9.84. The van der Waals surface area contributed by atoms with Crippen molar-refractivity contribution in [3.63, 3.8) is 0 Å². The average Bonchev–Trinajstić information content (AvgIpc) is 2.62. The van der Waals surface area contributed by atoms with Crippen LogP contribution in [0.3, 0.4) is 0 Å². The fourth-order valence-electron chi connectivity index (χ4n) is 2.77. The summed E-state index contributed by atoms with van der Waals surface area (Å²) in [5.74, 6) is 1.17. The van der Waals surface area contributed by atoms with E-state index in [-0.39, 0.29) is 0 Å². The number of hydrogen-bond donors (Lipinski definition) is 2. The van der Waals surface area contributed by atoms with E-state index in [2.05, 4.69) is 50.0 Å². The van der Waals surface area contributed by atoms with Gasteiger partial charge in [-0.05, 0) is 43.4 Å². The van der Waals surface area contributed by atoms with Crippen molar-refractivity contribution in [2.45, 2.75) is 33.1 Å². The molecule has 0 aliphatic rings. The number of nitrogens with two attached hydrogens (primary N) is 1. The Labute approximate surface area is 103 Å². The smallest absolute Gasteiger partial charge is 0.0458 e. The molecule has 2 nitrogen and oxygen atoms in total. The van der Waals surface area contributed by atoms with Gasteiger partial charge in [0.1, 0.15) is 0 Å². The number of benzene rings is 1. The summed E-state index contributed by atoms with van der Waals surface area (Å²) < 4.78 is 0. The van der Waals surface area contributed by atoms with Crippen molar-refractivity contribution in [2.24, 2.45) is 11.7 Å². The summed E-state index contributed by atoms with van der Waals surface area (Å²) >= 11 is 0. The molecule has 92 valence electrons. The van der Waals surface area contributed by atoms with Crippen molar-refractivity contribution in [2.75, 3.05) is 6.54 Å². The number of nitrogens with one attached hydrogen (secondary N) is 1. The first kappa shape index (κ1) is 12.2. The van der Waals surface area contributed by atoms with Crippen LogP contribution in [0.4, 0.5) is 0 Å². The predicted octanol–water partition coefficient (Wildman–Crippen LogP) is 3.56. The second-order valence-electron chi connectivity index (χ2n) is 5.14. The molecule has 1 aromatic heterocycles. The van der Waals surface area contributed by atoms with E-state index >= 15 is 0 Å². The Kier molecular flexibility index (Phi) is 3.53. The van der Waals surface area contributed by atoms with Gasteiger partial charge in [-0.1, -0.05) is 32.0 Å². The highest BCUT2D eigenvalue weighted by atomic mass is 14.7. The largest absolute Gasteiger partial charge is 0.358 e. The number of aromatic amines is 1. The number of rotatable bonds is 4. The molecule has 17 heavy (non-hydrogen) atoms. The van der Waals surface area contributed by atoms with Crippen LogP contribution in [0, 0.1) is 12.8 Å². The van der Waals surface area contributed by atoms with Crippen molar-refractivity contribution < 1.29 is 0 Å². The summed E-state index contributed by atoms with van der Waals surface area (Å²) in [5, 5.41) is 1.36. The Morgan fingerprint density at radius 2 is 1.94 bits per heavy atom. The van der Waals surface area contributed by atoms with E-state index in [1.807, 2.05) is 0 Å². The molecule has 1 unspecified atom stereocenters. The molecule has 2 rings (SSSR count). The second kappa shape index (κ2) is 4.92. The molecule has 0 saturated heterocycles. The lowest BCUT2D eigenvalue weighted by Crippen LogP contribution is -2.13. The van der Waals surface area contributed by atoms with Gasteiger partial charge in [-0.2, -0.15) is 0 Å². The third-order valence-corrected chi connectivity index (χ3v) is 3.60. The van der Waals surface area contributed by atoms with E-state index in [0.29, 0.717) is 11.8 Å². The molecule has 2 aromatic rings. The van der Waals surface area contributed by atoms with Crippen LogP contribution >= 0.6 is 0 Å². The van der Waals surface area contributed by atoms with Gasteiger partial charge in [0, 0.05) is 16.6 Å². The van der Waals surface area contributed by atoms with Gasteiger partial charge in [-0.15, -0.1) is 0 Å². The lowest BCUT2D eigenvalue weighted by Gasteiger charge is -2.21. The first-order valence-electron chi connectivity index (χ1n) is 6.42. The monoisotopic (exact) mass is 230 g/mol. The number of fused-ring (bicyclic) bond motifs is 1. The standard InChI is InChI=1S/C15H22N2/c1-10(2)12(8-9-16)15-11(3)17-14-7-5-4-6-13(14)15/h4-7,10,12,17H,8-9,16H2,1-3H3. The van der Waals surface area contributed by atoms with Crippen LogP contribution in [0.2, 0.25) is 0 Å². The van der Waals surface area contributed by atoms with E-state index in [9.17, 15) is 0 Å². The van der Waals surface area contributed by atoms with Crippen LogP contribution in [0.25, 0.3) is 10.9 Å². The Morgan fingerprint density at radius 3 is 2.59 bits per heavy atom. The Balaban J connectivity index is 2.55. The van der Waals surface area contributed by atoms with Gasteiger partial charge in [-0.3, -0.25) is 0 Å². The van der Waals surface area contributed by atoms with Gasteiger partial charge in [0.2, 0.25) is 0 Å². The first-order valence-corrected chi connectivity index (χ1v) is 6.42. The average molecular weight is 230 g/mol. The molecule has 0 amide bonds. The number of para-hydroxylation sites is 1. The molecule has 1 heterocycles. The number of H-pyrrole nitrogens is 1. The molecular weight excluding hydrogens is 208 g/mol. The normalized spacial score (nSPS) is 13.5. The molecule has 0 spiro atoms. The molecule has 1 atom stereocenters. The zero-order valence-corrected chi connectivity index (χ0v) is 11.0. The Hall–Kier alpha value is -1.28. The predicted molar refractivity (Wildman–Crippen MR) is 74.3 cm³/mol. The highest BCUT2D eigenvalue weighted by molar-refractivity contribution is 5.85. The maximum absolute atomic E-state index is 5.76. The van der Waals surface area contributed by atoms with E-state index in [1.165, 1.54) is 22.2 Å². The summed E-state index contributed by atoms with van der Waals surface area (Å²) in [6, 6.07) is 8.54. The third-order valence-electron chi connectivity index (χ3n) is 3.60. The number of aryl methyl sites for hydroxylation is 1. The van der Waals surface area contributed by atoms with Crippen LogP contribution in [-0.4, -0.2) is 11.5 Å². The minimum absolute atomic E-state index is 0.552. The van der Waals surface area contributed by atoms with E-state index in [1.54, 1.807) is 0 Å².